The van der Waals surface area contributed by atoms with Gasteiger partial charge in [-0.05, 0) is 36.8 Å². The maximum Gasteiger partial charge on any atom is 0.248 e. The van der Waals surface area contributed by atoms with E-state index in [9.17, 15) is 4.79 Å². The van der Waals surface area contributed by atoms with Gasteiger partial charge in [-0.1, -0.05) is 24.3 Å². The molecule has 1 aliphatic heterocycles. The largest absolute Gasteiger partial charge is 0.273 e. The smallest absolute Gasteiger partial charge is 0.248 e. The van der Waals surface area contributed by atoms with Crippen LogP contribution in [0.25, 0.3) is 0 Å². The first-order valence-electron chi connectivity index (χ1n) is 6.16. The van der Waals surface area contributed by atoms with E-state index in [4.69, 9.17) is 0 Å². The molecule has 0 unspecified atom stereocenters. The van der Waals surface area contributed by atoms with Gasteiger partial charge < -0.3 is 0 Å². The lowest BCUT2D eigenvalue weighted by atomic mass is 10.1. The van der Waals surface area contributed by atoms with Gasteiger partial charge in [-0.25, -0.2) is 5.01 Å². The molecule has 0 aromatic heterocycles. The van der Waals surface area contributed by atoms with Gasteiger partial charge in [0.15, 0.2) is 0 Å². The predicted molar refractivity (Wildman–Crippen MR) is 66.5 cm³/mol. The number of hydrazone groups is 1. The highest BCUT2D eigenvalue weighted by Crippen LogP contribution is 2.34. The Morgan fingerprint density at radius 3 is 2.82 bits per heavy atom. The Balaban J connectivity index is 1.77. The SMILES string of the molecule is Cc1ccccc1CN1N=C(C2CC2)CC1=O. The molecule has 2 aliphatic rings. The van der Waals surface area contributed by atoms with E-state index in [-0.39, 0.29) is 5.91 Å². The summed E-state index contributed by atoms with van der Waals surface area (Å²) >= 11 is 0. The summed E-state index contributed by atoms with van der Waals surface area (Å²) in [6.45, 7) is 2.68. The number of carbonyl (C=O) groups excluding carboxylic acids is 1. The minimum atomic E-state index is 0.148. The summed E-state index contributed by atoms with van der Waals surface area (Å²) in [6.07, 6.45) is 2.96. The van der Waals surface area contributed by atoms with E-state index in [1.807, 2.05) is 12.1 Å². The fraction of sp³-hybridized carbons (Fsp3) is 0.429. The lowest BCUT2D eigenvalue weighted by Gasteiger charge is -2.13. The third kappa shape index (κ3) is 2.09. The number of benzene rings is 1. The van der Waals surface area contributed by atoms with Crippen LogP contribution in [0.3, 0.4) is 0 Å². The van der Waals surface area contributed by atoms with Crippen LogP contribution in [-0.4, -0.2) is 16.6 Å². The van der Waals surface area contributed by atoms with Gasteiger partial charge in [0.2, 0.25) is 5.91 Å². The number of amides is 1. The second kappa shape index (κ2) is 3.99. The standard InChI is InChI=1S/C14H16N2O/c1-10-4-2-3-5-12(10)9-16-14(17)8-13(15-16)11-6-7-11/h2-5,11H,6-9H2,1H3. The van der Waals surface area contributed by atoms with E-state index in [1.165, 1.54) is 24.0 Å². The maximum absolute atomic E-state index is 11.8. The van der Waals surface area contributed by atoms with E-state index in [0.717, 1.165) is 5.71 Å². The minimum Gasteiger partial charge on any atom is -0.273 e. The van der Waals surface area contributed by atoms with Crippen molar-refractivity contribution in [1.29, 1.82) is 0 Å². The fourth-order valence-electron chi connectivity index (χ4n) is 2.21. The van der Waals surface area contributed by atoms with Crippen LogP contribution in [0.2, 0.25) is 0 Å². The number of aryl methyl sites for hydroxylation is 1. The molecule has 0 bridgehead atoms. The highest BCUT2D eigenvalue weighted by atomic mass is 16.2. The zero-order valence-electron chi connectivity index (χ0n) is 10.0. The monoisotopic (exact) mass is 228 g/mol. The van der Waals surface area contributed by atoms with Gasteiger partial charge in [0, 0.05) is 0 Å². The van der Waals surface area contributed by atoms with Crippen molar-refractivity contribution < 1.29 is 4.79 Å². The number of nitrogens with zero attached hydrogens (tertiary/aromatic N) is 2. The molecule has 0 N–H and O–H groups in total. The second-order valence-electron chi connectivity index (χ2n) is 4.92. The fourth-order valence-corrected chi connectivity index (χ4v) is 2.21. The average Bonchev–Trinajstić information content (AvgIpc) is 3.09. The molecule has 1 amide bonds. The highest BCUT2D eigenvalue weighted by Gasteiger charge is 2.34. The molecular formula is C14H16N2O. The molecule has 88 valence electrons. The first-order valence-corrected chi connectivity index (χ1v) is 6.16. The second-order valence-corrected chi connectivity index (χ2v) is 4.92. The first-order chi connectivity index (χ1) is 8.24. The number of carbonyl (C=O) groups is 1. The van der Waals surface area contributed by atoms with Crippen LogP contribution < -0.4 is 0 Å². The Hall–Kier alpha value is -1.64. The normalized spacial score (nSPS) is 19.7. The molecule has 0 spiro atoms. The van der Waals surface area contributed by atoms with Crippen LogP contribution in [0, 0.1) is 12.8 Å². The van der Waals surface area contributed by atoms with Crippen molar-refractivity contribution in [3.63, 3.8) is 0 Å². The number of hydrogen-bond acceptors (Lipinski definition) is 2. The van der Waals surface area contributed by atoms with E-state index < -0.39 is 0 Å². The van der Waals surface area contributed by atoms with E-state index >= 15 is 0 Å². The first kappa shape index (κ1) is 10.5. The molecular weight excluding hydrogens is 212 g/mol. The summed E-state index contributed by atoms with van der Waals surface area (Å²) in [5.41, 5.74) is 3.50. The Kier molecular flexibility index (Phi) is 2.46. The van der Waals surface area contributed by atoms with Crippen molar-refractivity contribution in [2.75, 3.05) is 0 Å². The lowest BCUT2D eigenvalue weighted by Crippen LogP contribution is -2.20. The third-order valence-electron chi connectivity index (χ3n) is 3.50. The highest BCUT2D eigenvalue weighted by molar-refractivity contribution is 6.06. The average molecular weight is 228 g/mol. The molecule has 3 nitrogen and oxygen atoms in total. The summed E-state index contributed by atoms with van der Waals surface area (Å²) in [4.78, 5) is 11.8. The maximum atomic E-state index is 11.8. The summed E-state index contributed by atoms with van der Waals surface area (Å²) < 4.78 is 0. The van der Waals surface area contributed by atoms with Crippen molar-refractivity contribution in [2.45, 2.75) is 32.7 Å². The third-order valence-corrected chi connectivity index (χ3v) is 3.50. The Labute approximate surface area is 101 Å². The van der Waals surface area contributed by atoms with Crippen molar-refractivity contribution >= 4 is 11.6 Å². The Morgan fingerprint density at radius 2 is 2.12 bits per heavy atom. The summed E-state index contributed by atoms with van der Waals surface area (Å²) in [5.74, 6) is 0.746. The van der Waals surface area contributed by atoms with Crippen LogP contribution in [-0.2, 0) is 11.3 Å². The van der Waals surface area contributed by atoms with Crippen molar-refractivity contribution in [2.24, 2.45) is 11.0 Å². The molecule has 1 aromatic carbocycles. The molecule has 0 radical (unpaired) electrons. The van der Waals surface area contributed by atoms with Gasteiger partial charge >= 0.3 is 0 Å². The van der Waals surface area contributed by atoms with Crippen molar-refractivity contribution in [3.8, 4) is 0 Å². The van der Waals surface area contributed by atoms with Crippen LogP contribution in [0.1, 0.15) is 30.4 Å². The van der Waals surface area contributed by atoms with Gasteiger partial charge in [-0.2, -0.15) is 5.10 Å². The molecule has 0 atom stereocenters. The van der Waals surface area contributed by atoms with E-state index in [2.05, 4.69) is 24.2 Å². The van der Waals surface area contributed by atoms with E-state index in [0.29, 0.717) is 18.9 Å². The van der Waals surface area contributed by atoms with E-state index in [1.54, 1.807) is 5.01 Å². The molecule has 3 heteroatoms. The Bertz CT molecular complexity index is 489. The summed E-state index contributed by atoms with van der Waals surface area (Å²) in [6, 6.07) is 8.16. The van der Waals surface area contributed by atoms with Gasteiger partial charge in [0.05, 0.1) is 18.7 Å². The molecule has 1 aliphatic carbocycles. The zero-order chi connectivity index (χ0) is 11.8. The number of hydrogen-bond donors (Lipinski definition) is 0. The molecule has 1 saturated carbocycles. The molecule has 1 heterocycles. The molecule has 17 heavy (non-hydrogen) atoms. The summed E-state index contributed by atoms with van der Waals surface area (Å²) in [5, 5.41) is 6.10. The number of rotatable bonds is 3. The van der Waals surface area contributed by atoms with Gasteiger partial charge in [0.25, 0.3) is 0 Å². The van der Waals surface area contributed by atoms with Gasteiger partial charge in [0.1, 0.15) is 0 Å². The minimum absolute atomic E-state index is 0.148. The van der Waals surface area contributed by atoms with Gasteiger partial charge in [-0.15, -0.1) is 0 Å². The molecule has 0 saturated heterocycles. The van der Waals surface area contributed by atoms with Crippen LogP contribution in [0.15, 0.2) is 29.4 Å². The molecule has 1 aromatic rings. The molecule has 3 rings (SSSR count). The quantitative estimate of drug-likeness (QED) is 0.782. The summed E-state index contributed by atoms with van der Waals surface area (Å²) in [7, 11) is 0. The lowest BCUT2D eigenvalue weighted by molar-refractivity contribution is -0.129. The van der Waals surface area contributed by atoms with Crippen LogP contribution in [0.5, 0.6) is 0 Å². The Morgan fingerprint density at radius 1 is 1.35 bits per heavy atom. The topological polar surface area (TPSA) is 32.7 Å². The van der Waals surface area contributed by atoms with Gasteiger partial charge in [-0.3, -0.25) is 4.79 Å². The van der Waals surface area contributed by atoms with Crippen molar-refractivity contribution in [1.82, 2.24) is 5.01 Å². The van der Waals surface area contributed by atoms with Crippen LogP contribution >= 0.6 is 0 Å². The van der Waals surface area contributed by atoms with Crippen molar-refractivity contribution in [3.05, 3.63) is 35.4 Å². The zero-order valence-corrected chi connectivity index (χ0v) is 10.0. The molecule has 1 fully saturated rings. The predicted octanol–water partition coefficient (Wildman–Crippen LogP) is 2.49. The van der Waals surface area contributed by atoms with Crippen LogP contribution in [0.4, 0.5) is 0 Å².